The highest BCUT2D eigenvalue weighted by Gasteiger charge is 2.16. The summed E-state index contributed by atoms with van der Waals surface area (Å²) in [6, 6.07) is 4.43. The van der Waals surface area contributed by atoms with E-state index >= 15 is 0 Å². The van der Waals surface area contributed by atoms with Crippen LogP contribution in [0.25, 0.3) is 0 Å². The van der Waals surface area contributed by atoms with Crippen molar-refractivity contribution < 1.29 is 9.72 Å². The number of aryl methyl sites for hydroxylation is 1. The van der Waals surface area contributed by atoms with Crippen molar-refractivity contribution in [1.82, 2.24) is 0 Å². The number of carbonyl (C=O) groups excluding carboxylic acids is 1. The van der Waals surface area contributed by atoms with Crippen molar-refractivity contribution in [2.45, 2.75) is 33.6 Å². The van der Waals surface area contributed by atoms with Crippen LogP contribution >= 0.6 is 0 Å². The lowest BCUT2D eigenvalue weighted by atomic mass is 9.94. The van der Waals surface area contributed by atoms with E-state index in [1.807, 2.05) is 0 Å². The van der Waals surface area contributed by atoms with Crippen LogP contribution in [0.15, 0.2) is 18.2 Å². The Labute approximate surface area is 124 Å². The van der Waals surface area contributed by atoms with E-state index in [1.165, 1.54) is 12.1 Å². The summed E-state index contributed by atoms with van der Waals surface area (Å²) in [5.74, 6) is 0.449. The maximum Gasteiger partial charge on any atom is 0.271 e. The summed E-state index contributed by atoms with van der Waals surface area (Å²) in [7, 11) is 0. The Morgan fingerprint density at radius 1 is 1.43 bits per heavy atom. The molecule has 116 valence electrons. The van der Waals surface area contributed by atoms with Gasteiger partial charge in [-0.3, -0.25) is 14.9 Å². The first kappa shape index (κ1) is 17.1. The van der Waals surface area contributed by atoms with Crippen LogP contribution in [-0.2, 0) is 4.79 Å². The largest absolute Gasteiger partial charge is 0.330 e. The van der Waals surface area contributed by atoms with Gasteiger partial charge in [-0.2, -0.15) is 0 Å². The van der Waals surface area contributed by atoms with Gasteiger partial charge in [0.15, 0.2) is 0 Å². The average molecular weight is 293 g/mol. The molecule has 0 saturated carbocycles. The Balaban J connectivity index is 2.74. The number of hydrogen-bond donors (Lipinski definition) is 2. The number of nitrogens with one attached hydrogen (secondary N) is 1. The highest BCUT2D eigenvalue weighted by atomic mass is 16.6. The van der Waals surface area contributed by atoms with Crippen LogP contribution in [0.3, 0.4) is 0 Å². The van der Waals surface area contributed by atoms with E-state index in [0.717, 1.165) is 12.0 Å². The van der Waals surface area contributed by atoms with Crippen molar-refractivity contribution in [3.05, 3.63) is 33.9 Å². The molecule has 6 heteroatoms. The molecule has 0 aliphatic carbocycles. The molecule has 1 rings (SSSR count). The van der Waals surface area contributed by atoms with Gasteiger partial charge < -0.3 is 11.1 Å². The molecule has 0 bridgehead atoms. The third kappa shape index (κ3) is 5.51. The minimum Gasteiger partial charge on any atom is -0.330 e. The van der Waals surface area contributed by atoms with E-state index in [0.29, 0.717) is 24.6 Å². The molecule has 0 radical (unpaired) electrons. The fourth-order valence-electron chi connectivity index (χ4n) is 2.25. The highest BCUT2D eigenvalue weighted by Crippen LogP contribution is 2.23. The van der Waals surface area contributed by atoms with Crippen molar-refractivity contribution in [3.63, 3.8) is 0 Å². The SMILES string of the molecule is Cc1ccc([N+](=O)[O-])cc1NC(=O)C[C@@H](CN)CC(C)C. The topological polar surface area (TPSA) is 98.3 Å². The molecule has 0 aliphatic rings. The number of amides is 1. The standard InChI is InChI=1S/C15H23N3O3/c1-10(2)6-12(9-16)7-15(19)17-14-8-13(18(20)21)5-4-11(14)3/h4-5,8,10,12H,6-7,9,16H2,1-3H3,(H,17,19)/t12-/m0/s1. The summed E-state index contributed by atoms with van der Waals surface area (Å²) in [5, 5.41) is 13.5. The Morgan fingerprint density at radius 3 is 2.62 bits per heavy atom. The van der Waals surface area contributed by atoms with Crippen LogP contribution in [0.5, 0.6) is 0 Å². The van der Waals surface area contributed by atoms with Crippen LogP contribution in [0.1, 0.15) is 32.3 Å². The van der Waals surface area contributed by atoms with Crippen LogP contribution in [-0.4, -0.2) is 17.4 Å². The van der Waals surface area contributed by atoms with Gasteiger partial charge in [0.05, 0.1) is 10.6 Å². The third-order valence-electron chi connectivity index (χ3n) is 3.32. The normalized spacial score (nSPS) is 12.2. The number of nitro benzene ring substituents is 1. The van der Waals surface area contributed by atoms with E-state index in [4.69, 9.17) is 5.73 Å². The van der Waals surface area contributed by atoms with Crippen LogP contribution in [0.2, 0.25) is 0 Å². The Bertz CT molecular complexity index is 515. The van der Waals surface area contributed by atoms with Gasteiger partial charge >= 0.3 is 0 Å². The van der Waals surface area contributed by atoms with Gasteiger partial charge in [-0.15, -0.1) is 0 Å². The number of hydrogen-bond acceptors (Lipinski definition) is 4. The van der Waals surface area contributed by atoms with Gasteiger partial charge in [-0.1, -0.05) is 19.9 Å². The van der Waals surface area contributed by atoms with Crippen molar-refractivity contribution in [3.8, 4) is 0 Å². The fraction of sp³-hybridized carbons (Fsp3) is 0.533. The maximum absolute atomic E-state index is 12.1. The lowest BCUT2D eigenvalue weighted by Gasteiger charge is -2.17. The number of nitro groups is 1. The van der Waals surface area contributed by atoms with E-state index in [-0.39, 0.29) is 17.5 Å². The van der Waals surface area contributed by atoms with Crippen molar-refractivity contribution in [1.29, 1.82) is 0 Å². The molecule has 21 heavy (non-hydrogen) atoms. The molecule has 1 aromatic carbocycles. The third-order valence-corrected chi connectivity index (χ3v) is 3.32. The molecule has 1 aromatic rings. The maximum atomic E-state index is 12.1. The van der Waals surface area contributed by atoms with Gasteiger partial charge in [0, 0.05) is 18.6 Å². The molecule has 0 aromatic heterocycles. The monoisotopic (exact) mass is 293 g/mol. The molecule has 3 N–H and O–H groups in total. The van der Waals surface area contributed by atoms with Gasteiger partial charge in [0.2, 0.25) is 5.91 Å². The van der Waals surface area contributed by atoms with Crippen LogP contribution < -0.4 is 11.1 Å². The molecule has 0 spiro atoms. The fourth-order valence-corrected chi connectivity index (χ4v) is 2.25. The summed E-state index contributed by atoms with van der Waals surface area (Å²) in [6.45, 7) is 6.43. The summed E-state index contributed by atoms with van der Waals surface area (Å²) in [6.07, 6.45) is 1.22. The molecule has 6 nitrogen and oxygen atoms in total. The quantitative estimate of drug-likeness (QED) is 0.596. The lowest BCUT2D eigenvalue weighted by Crippen LogP contribution is -2.23. The second-order valence-electron chi connectivity index (χ2n) is 5.74. The predicted octanol–water partition coefficient (Wildman–Crippen LogP) is 2.85. The van der Waals surface area contributed by atoms with Gasteiger partial charge in [0.25, 0.3) is 5.69 Å². The van der Waals surface area contributed by atoms with Gasteiger partial charge in [-0.25, -0.2) is 0 Å². The van der Waals surface area contributed by atoms with E-state index < -0.39 is 4.92 Å². The summed E-state index contributed by atoms with van der Waals surface area (Å²) in [5.41, 5.74) is 6.93. The first-order chi connectivity index (χ1) is 9.83. The summed E-state index contributed by atoms with van der Waals surface area (Å²) < 4.78 is 0. The molecule has 1 amide bonds. The number of rotatable bonds is 7. The molecular weight excluding hydrogens is 270 g/mol. The second-order valence-corrected chi connectivity index (χ2v) is 5.74. The van der Waals surface area contributed by atoms with Crippen molar-refractivity contribution >= 4 is 17.3 Å². The summed E-state index contributed by atoms with van der Waals surface area (Å²) in [4.78, 5) is 22.4. The number of nitrogens with zero attached hydrogens (tertiary/aromatic N) is 1. The van der Waals surface area contributed by atoms with Crippen molar-refractivity contribution in [2.24, 2.45) is 17.6 Å². The molecule has 1 atom stereocenters. The van der Waals surface area contributed by atoms with E-state index in [1.54, 1.807) is 13.0 Å². The number of anilines is 1. The van der Waals surface area contributed by atoms with E-state index in [9.17, 15) is 14.9 Å². The Hall–Kier alpha value is -1.95. The van der Waals surface area contributed by atoms with Gasteiger partial charge in [0.1, 0.15) is 0 Å². The zero-order chi connectivity index (χ0) is 16.0. The minimum atomic E-state index is -0.476. The van der Waals surface area contributed by atoms with Crippen molar-refractivity contribution in [2.75, 3.05) is 11.9 Å². The second kappa shape index (κ2) is 7.73. The smallest absolute Gasteiger partial charge is 0.271 e. The molecule has 0 heterocycles. The zero-order valence-electron chi connectivity index (χ0n) is 12.8. The molecule has 0 fully saturated rings. The average Bonchev–Trinajstić information content (AvgIpc) is 2.39. The van der Waals surface area contributed by atoms with Gasteiger partial charge in [-0.05, 0) is 37.3 Å². The lowest BCUT2D eigenvalue weighted by molar-refractivity contribution is -0.384. The number of non-ortho nitro benzene ring substituents is 1. The van der Waals surface area contributed by atoms with Crippen LogP contribution in [0, 0.1) is 28.9 Å². The first-order valence-corrected chi connectivity index (χ1v) is 7.08. The molecule has 0 unspecified atom stereocenters. The number of nitrogens with two attached hydrogens (primary N) is 1. The number of carbonyl (C=O) groups is 1. The number of benzene rings is 1. The predicted molar refractivity (Wildman–Crippen MR) is 83.1 cm³/mol. The minimum absolute atomic E-state index is 0.0338. The Kier molecular flexibility index (Phi) is 6.30. The molecule has 0 saturated heterocycles. The first-order valence-electron chi connectivity index (χ1n) is 7.08. The Morgan fingerprint density at radius 2 is 2.10 bits per heavy atom. The summed E-state index contributed by atoms with van der Waals surface area (Å²) >= 11 is 0. The molecular formula is C15H23N3O3. The van der Waals surface area contributed by atoms with Crippen LogP contribution in [0.4, 0.5) is 11.4 Å². The van der Waals surface area contributed by atoms with E-state index in [2.05, 4.69) is 19.2 Å². The zero-order valence-corrected chi connectivity index (χ0v) is 12.8. The highest BCUT2D eigenvalue weighted by molar-refractivity contribution is 5.92. The molecule has 0 aliphatic heterocycles.